The van der Waals surface area contributed by atoms with Crippen molar-refractivity contribution in [1.82, 2.24) is 0 Å². The lowest BCUT2D eigenvalue weighted by atomic mass is 9.91. The molecule has 0 bridgehead atoms. The quantitative estimate of drug-likeness (QED) is 0.626. The van der Waals surface area contributed by atoms with Crippen LogP contribution in [-0.2, 0) is 0 Å². The first-order chi connectivity index (χ1) is 13.7. The summed E-state index contributed by atoms with van der Waals surface area (Å²) in [6.45, 7) is 0. The Labute approximate surface area is 164 Å². The van der Waals surface area contributed by atoms with Crippen LogP contribution in [0.4, 0.5) is 0 Å². The van der Waals surface area contributed by atoms with Gasteiger partial charge in [-0.1, -0.05) is 55.3 Å². The minimum Gasteiger partial charge on any atom is -0.507 e. The van der Waals surface area contributed by atoms with Crippen LogP contribution in [0.15, 0.2) is 70.6 Å². The zero-order valence-electron chi connectivity index (χ0n) is 15.7. The van der Waals surface area contributed by atoms with Gasteiger partial charge in [-0.2, -0.15) is 0 Å². The standard InChI is InChI=1S/C24H24N2O2/c27-23-12-6-2-8-18(23)15-25-21-10-4-5-11-22(21)26-16-20-19-9-3-1-7-17(19)13-14-24(20)28/h1-3,6-9,12-16,21-22,27-28H,4-5,10-11H2/t21-,22-/m1/s1. The first kappa shape index (κ1) is 18.2. The number of phenolic OH excluding ortho intramolecular Hbond substituents is 2. The number of phenols is 2. The average Bonchev–Trinajstić information content (AvgIpc) is 2.73. The van der Waals surface area contributed by atoms with Crippen molar-refractivity contribution in [3.8, 4) is 11.5 Å². The Bertz CT molecular complexity index is 1030. The van der Waals surface area contributed by atoms with Crippen molar-refractivity contribution < 1.29 is 10.2 Å². The zero-order valence-corrected chi connectivity index (χ0v) is 15.7. The third kappa shape index (κ3) is 3.91. The molecular weight excluding hydrogens is 348 g/mol. The molecule has 3 aromatic carbocycles. The van der Waals surface area contributed by atoms with Crippen molar-refractivity contribution in [3.63, 3.8) is 0 Å². The summed E-state index contributed by atoms with van der Waals surface area (Å²) in [4.78, 5) is 9.55. The molecule has 4 rings (SSSR count). The molecular formula is C24H24N2O2. The number of nitrogens with zero attached hydrogens (tertiary/aromatic N) is 2. The monoisotopic (exact) mass is 372 g/mol. The van der Waals surface area contributed by atoms with Gasteiger partial charge >= 0.3 is 0 Å². The molecule has 2 atom stereocenters. The van der Waals surface area contributed by atoms with E-state index in [1.54, 1.807) is 30.6 Å². The van der Waals surface area contributed by atoms with Gasteiger partial charge in [0.2, 0.25) is 0 Å². The molecule has 0 unspecified atom stereocenters. The molecule has 28 heavy (non-hydrogen) atoms. The fourth-order valence-corrected chi connectivity index (χ4v) is 3.80. The van der Waals surface area contributed by atoms with Crippen LogP contribution in [-0.4, -0.2) is 34.7 Å². The van der Waals surface area contributed by atoms with Gasteiger partial charge in [0.15, 0.2) is 0 Å². The van der Waals surface area contributed by atoms with Crippen LogP contribution in [0.3, 0.4) is 0 Å². The molecule has 0 aromatic heterocycles. The highest BCUT2D eigenvalue weighted by Gasteiger charge is 2.23. The highest BCUT2D eigenvalue weighted by Crippen LogP contribution is 2.28. The number of rotatable bonds is 4. The first-order valence-corrected chi connectivity index (χ1v) is 9.77. The van der Waals surface area contributed by atoms with Crippen LogP contribution in [0.2, 0.25) is 0 Å². The van der Waals surface area contributed by atoms with Gasteiger partial charge in [0.25, 0.3) is 0 Å². The predicted molar refractivity (Wildman–Crippen MR) is 115 cm³/mol. The zero-order chi connectivity index (χ0) is 19.3. The Balaban J connectivity index is 1.59. The largest absolute Gasteiger partial charge is 0.507 e. The van der Waals surface area contributed by atoms with E-state index in [2.05, 4.69) is 0 Å². The summed E-state index contributed by atoms with van der Waals surface area (Å²) in [5.41, 5.74) is 1.48. The average molecular weight is 372 g/mol. The Kier molecular flexibility index (Phi) is 5.38. The summed E-state index contributed by atoms with van der Waals surface area (Å²) in [6.07, 6.45) is 7.78. The molecule has 0 amide bonds. The maximum Gasteiger partial charge on any atom is 0.124 e. The second-order valence-electron chi connectivity index (χ2n) is 7.25. The van der Waals surface area contributed by atoms with Gasteiger partial charge < -0.3 is 10.2 Å². The maximum absolute atomic E-state index is 10.3. The minimum atomic E-state index is 0.0780. The van der Waals surface area contributed by atoms with Gasteiger partial charge in [0.05, 0.1) is 12.1 Å². The molecule has 1 aliphatic carbocycles. The van der Waals surface area contributed by atoms with Crippen molar-refractivity contribution in [2.75, 3.05) is 0 Å². The van der Waals surface area contributed by atoms with E-state index in [4.69, 9.17) is 9.98 Å². The van der Waals surface area contributed by atoms with Crippen molar-refractivity contribution in [3.05, 3.63) is 71.8 Å². The van der Waals surface area contributed by atoms with Crippen molar-refractivity contribution in [2.24, 2.45) is 9.98 Å². The lowest BCUT2D eigenvalue weighted by Gasteiger charge is -2.25. The van der Waals surface area contributed by atoms with Crippen molar-refractivity contribution in [1.29, 1.82) is 0 Å². The van der Waals surface area contributed by atoms with E-state index in [9.17, 15) is 10.2 Å². The number of aliphatic imine (C=N–C) groups is 2. The third-order valence-corrected chi connectivity index (χ3v) is 5.38. The fraction of sp³-hybridized carbons (Fsp3) is 0.250. The van der Waals surface area contributed by atoms with E-state index < -0.39 is 0 Å². The molecule has 4 nitrogen and oxygen atoms in total. The van der Waals surface area contributed by atoms with Crippen LogP contribution >= 0.6 is 0 Å². The fourth-order valence-electron chi connectivity index (χ4n) is 3.80. The molecule has 1 fully saturated rings. The minimum absolute atomic E-state index is 0.0780. The Morgan fingerprint density at radius 1 is 0.714 bits per heavy atom. The number of hydrogen-bond acceptors (Lipinski definition) is 4. The van der Waals surface area contributed by atoms with E-state index >= 15 is 0 Å². The molecule has 0 saturated heterocycles. The van der Waals surface area contributed by atoms with Crippen LogP contribution < -0.4 is 0 Å². The van der Waals surface area contributed by atoms with Gasteiger partial charge in [-0.05, 0) is 41.8 Å². The highest BCUT2D eigenvalue weighted by atomic mass is 16.3. The predicted octanol–water partition coefficient (Wildman–Crippen LogP) is 5.10. The number of benzene rings is 3. The smallest absolute Gasteiger partial charge is 0.124 e. The summed E-state index contributed by atoms with van der Waals surface area (Å²) in [7, 11) is 0. The lowest BCUT2D eigenvalue weighted by Crippen LogP contribution is -2.27. The second-order valence-corrected chi connectivity index (χ2v) is 7.25. The molecule has 1 aliphatic rings. The number of para-hydroxylation sites is 1. The number of hydrogen-bond donors (Lipinski definition) is 2. The van der Waals surface area contributed by atoms with Crippen LogP contribution in [0.5, 0.6) is 11.5 Å². The summed E-state index contributed by atoms with van der Waals surface area (Å²) >= 11 is 0. The first-order valence-electron chi connectivity index (χ1n) is 9.77. The Morgan fingerprint density at radius 3 is 2.18 bits per heavy atom. The Hall–Kier alpha value is -3.14. The van der Waals surface area contributed by atoms with Crippen molar-refractivity contribution in [2.45, 2.75) is 37.8 Å². The topological polar surface area (TPSA) is 65.2 Å². The Morgan fingerprint density at radius 2 is 1.39 bits per heavy atom. The summed E-state index contributed by atoms with van der Waals surface area (Å²) in [6, 6.07) is 19.0. The summed E-state index contributed by atoms with van der Waals surface area (Å²) < 4.78 is 0. The van der Waals surface area contributed by atoms with Crippen LogP contribution in [0.1, 0.15) is 36.8 Å². The SMILES string of the molecule is Oc1ccccc1C=N[C@@H]1CCCC[C@H]1N=Cc1c(O)ccc2ccccc12. The van der Waals surface area contributed by atoms with Crippen LogP contribution in [0, 0.1) is 0 Å². The lowest BCUT2D eigenvalue weighted by molar-refractivity contribution is 0.390. The van der Waals surface area contributed by atoms with E-state index in [0.29, 0.717) is 0 Å². The van der Waals surface area contributed by atoms with Gasteiger partial charge in [-0.15, -0.1) is 0 Å². The molecule has 0 spiro atoms. The van der Waals surface area contributed by atoms with E-state index in [1.165, 1.54) is 0 Å². The van der Waals surface area contributed by atoms with Crippen molar-refractivity contribution >= 4 is 23.2 Å². The highest BCUT2D eigenvalue weighted by molar-refractivity contribution is 6.02. The molecule has 0 radical (unpaired) electrons. The van der Waals surface area contributed by atoms with Gasteiger partial charge in [-0.25, -0.2) is 0 Å². The number of fused-ring (bicyclic) bond motifs is 1. The maximum atomic E-state index is 10.3. The molecule has 4 heteroatoms. The molecule has 1 saturated carbocycles. The van der Waals surface area contributed by atoms with Crippen LogP contribution in [0.25, 0.3) is 10.8 Å². The molecule has 3 aromatic rings. The van der Waals surface area contributed by atoms with Gasteiger partial charge in [-0.3, -0.25) is 9.98 Å². The van der Waals surface area contributed by atoms with Gasteiger partial charge in [0, 0.05) is 23.6 Å². The molecule has 0 heterocycles. The summed E-state index contributed by atoms with van der Waals surface area (Å²) in [5.74, 6) is 0.482. The van der Waals surface area contributed by atoms with E-state index in [-0.39, 0.29) is 23.6 Å². The normalized spacial score (nSPS) is 20.3. The third-order valence-electron chi connectivity index (χ3n) is 5.38. The second kappa shape index (κ2) is 8.26. The van der Waals surface area contributed by atoms with Gasteiger partial charge in [0.1, 0.15) is 11.5 Å². The molecule has 142 valence electrons. The molecule has 2 N–H and O–H groups in total. The van der Waals surface area contributed by atoms with E-state index in [0.717, 1.165) is 47.6 Å². The van der Waals surface area contributed by atoms with E-state index in [1.807, 2.05) is 42.5 Å². The molecule has 0 aliphatic heterocycles. The summed E-state index contributed by atoms with van der Waals surface area (Å²) in [5, 5.41) is 22.4. The number of aromatic hydroxyl groups is 2.